The van der Waals surface area contributed by atoms with Crippen molar-refractivity contribution >= 4 is 10.8 Å². The maximum Gasteiger partial charge on any atom is 0.0475 e. The van der Waals surface area contributed by atoms with Gasteiger partial charge in [-0.15, -0.1) is 0 Å². The SMILES string of the molecule is OCC(CNCc1cccc2ccccc12)Cc1ccccn1. The van der Waals surface area contributed by atoms with Crippen LogP contribution < -0.4 is 5.32 Å². The van der Waals surface area contributed by atoms with Gasteiger partial charge < -0.3 is 10.4 Å². The van der Waals surface area contributed by atoms with E-state index in [-0.39, 0.29) is 12.5 Å². The first-order valence-corrected chi connectivity index (χ1v) is 8.05. The van der Waals surface area contributed by atoms with Crippen LogP contribution >= 0.6 is 0 Å². The summed E-state index contributed by atoms with van der Waals surface area (Å²) < 4.78 is 0. The van der Waals surface area contributed by atoms with Crippen molar-refractivity contribution in [2.24, 2.45) is 5.92 Å². The fraction of sp³-hybridized carbons (Fsp3) is 0.250. The molecule has 2 N–H and O–H groups in total. The van der Waals surface area contributed by atoms with Crippen molar-refractivity contribution < 1.29 is 5.11 Å². The van der Waals surface area contributed by atoms with Gasteiger partial charge in [-0.2, -0.15) is 0 Å². The molecule has 0 spiro atoms. The second-order valence-electron chi connectivity index (χ2n) is 5.84. The van der Waals surface area contributed by atoms with Gasteiger partial charge in [-0.25, -0.2) is 0 Å². The normalized spacial score (nSPS) is 12.4. The zero-order valence-corrected chi connectivity index (χ0v) is 13.2. The number of aromatic nitrogens is 1. The van der Waals surface area contributed by atoms with E-state index in [0.29, 0.717) is 0 Å². The van der Waals surface area contributed by atoms with Crippen LogP contribution in [0.3, 0.4) is 0 Å². The summed E-state index contributed by atoms with van der Waals surface area (Å²) in [6.45, 7) is 1.75. The monoisotopic (exact) mass is 306 g/mol. The third kappa shape index (κ3) is 4.15. The summed E-state index contributed by atoms with van der Waals surface area (Å²) in [5.74, 6) is 0.180. The van der Waals surface area contributed by atoms with Gasteiger partial charge in [-0.3, -0.25) is 4.98 Å². The highest BCUT2D eigenvalue weighted by molar-refractivity contribution is 5.85. The van der Waals surface area contributed by atoms with Crippen molar-refractivity contribution in [1.82, 2.24) is 10.3 Å². The molecule has 0 saturated heterocycles. The summed E-state index contributed by atoms with van der Waals surface area (Å²) in [4.78, 5) is 4.33. The fourth-order valence-corrected chi connectivity index (χ4v) is 2.87. The lowest BCUT2D eigenvalue weighted by atomic mass is 10.0. The van der Waals surface area contributed by atoms with Crippen LogP contribution in [0, 0.1) is 5.92 Å². The van der Waals surface area contributed by atoms with E-state index in [1.807, 2.05) is 18.2 Å². The van der Waals surface area contributed by atoms with Crippen LogP contribution in [-0.4, -0.2) is 23.2 Å². The number of nitrogens with zero attached hydrogens (tertiary/aromatic N) is 1. The van der Waals surface area contributed by atoms with Gasteiger partial charge in [-0.1, -0.05) is 48.5 Å². The van der Waals surface area contributed by atoms with E-state index in [2.05, 4.69) is 52.8 Å². The molecular formula is C20H22N2O. The molecular weight excluding hydrogens is 284 g/mol. The van der Waals surface area contributed by atoms with Crippen molar-refractivity contribution in [3.63, 3.8) is 0 Å². The Kier molecular flexibility index (Phi) is 5.35. The molecule has 1 unspecified atom stereocenters. The largest absolute Gasteiger partial charge is 0.396 e. The molecule has 1 atom stereocenters. The zero-order chi connectivity index (χ0) is 15.9. The molecule has 1 heterocycles. The van der Waals surface area contributed by atoms with E-state index in [9.17, 15) is 5.11 Å². The van der Waals surface area contributed by atoms with Gasteiger partial charge in [-0.05, 0) is 40.8 Å². The first kappa shape index (κ1) is 15.7. The smallest absolute Gasteiger partial charge is 0.0475 e. The van der Waals surface area contributed by atoms with Gasteiger partial charge in [0.25, 0.3) is 0 Å². The van der Waals surface area contributed by atoms with Crippen LogP contribution in [0.2, 0.25) is 0 Å². The second-order valence-corrected chi connectivity index (χ2v) is 5.84. The Bertz CT molecular complexity index is 737. The van der Waals surface area contributed by atoms with Crippen LogP contribution in [0.25, 0.3) is 10.8 Å². The molecule has 2 aromatic carbocycles. The van der Waals surface area contributed by atoms with E-state index < -0.39 is 0 Å². The van der Waals surface area contributed by atoms with Crippen molar-refractivity contribution in [2.45, 2.75) is 13.0 Å². The predicted octanol–water partition coefficient (Wildman–Crippen LogP) is 3.18. The van der Waals surface area contributed by atoms with Crippen molar-refractivity contribution in [2.75, 3.05) is 13.2 Å². The van der Waals surface area contributed by atoms with E-state index in [4.69, 9.17) is 0 Å². The lowest BCUT2D eigenvalue weighted by molar-refractivity contribution is 0.221. The molecule has 0 amide bonds. The Morgan fingerprint density at radius 2 is 1.78 bits per heavy atom. The minimum absolute atomic E-state index is 0.166. The van der Waals surface area contributed by atoms with Crippen LogP contribution in [0.5, 0.6) is 0 Å². The first-order valence-electron chi connectivity index (χ1n) is 8.05. The number of aliphatic hydroxyl groups is 1. The number of hydrogen-bond acceptors (Lipinski definition) is 3. The molecule has 3 aromatic rings. The van der Waals surface area contributed by atoms with Crippen LogP contribution in [0.1, 0.15) is 11.3 Å². The van der Waals surface area contributed by atoms with Gasteiger partial charge in [0.2, 0.25) is 0 Å². The molecule has 0 radical (unpaired) electrons. The van der Waals surface area contributed by atoms with Crippen molar-refractivity contribution in [1.29, 1.82) is 0 Å². The maximum absolute atomic E-state index is 9.59. The Balaban J connectivity index is 1.59. The Labute approximate surface area is 137 Å². The molecule has 0 saturated carbocycles. The topological polar surface area (TPSA) is 45.1 Å². The molecule has 3 nitrogen and oxygen atoms in total. The summed E-state index contributed by atoms with van der Waals surface area (Å²) in [5.41, 5.74) is 2.32. The van der Waals surface area contributed by atoms with Crippen LogP contribution in [0.4, 0.5) is 0 Å². The summed E-state index contributed by atoms with van der Waals surface area (Å²) in [6, 6.07) is 20.7. The van der Waals surface area contributed by atoms with Crippen LogP contribution in [-0.2, 0) is 13.0 Å². The fourth-order valence-electron chi connectivity index (χ4n) is 2.87. The second kappa shape index (κ2) is 7.86. The molecule has 23 heavy (non-hydrogen) atoms. The number of rotatable bonds is 7. The minimum Gasteiger partial charge on any atom is -0.396 e. The highest BCUT2D eigenvalue weighted by Gasteiger charge is 2.09. The molecule has 3 heteroatoms. The van der Waals surface area contributed by atoms with Gasteiger partial charge >= 0.3 is 0 Å². The van der Waals surface area contributed by atoms with Crippen LogP contribution in [0.15, 0.2) is 66.9 Å². The van der Waals surface area contributed by atoms with E-state index >= 15 is 0 Å². The van der Waals surface area contributed by atoms with E-state index in [1.165, 1.54) is 16.3 Å². The molecule has 0 bridgehead atoms. The number of benzene rings is 2. The van der Waals surface area contributed by atoms with Gasteiger partial charge in [0.05, 0.1) is 0 Å². The quantitative estimate of drug-likeness (QED) is 0.705. The van der Waals surface area contributed by atoms with E-state index in [0.717, 1.165) is 25.2 Å². The lowest BCUT2D eigenvalue weighted by Gasteiger charge is -2.15. The summed E-state index contributed by atoms with van der Waals surface area (Å²) in [6.07, 6.45) is 2.59. The molecule has 3 rings (SSSR count). The highest BCUT2D eigenvalue weighted by atomic mass is 16.3. The number of fused-ring (bicyclic) bond motifs is 1. The highest BCUT2D eigenvalue weighted by Crippen LogP contribution is 2.18. The summed E-state index contributed by atoms with van der Waals surface area (Å²) in [5, 5.41) is 15.6. The average molecular weight is 306 g/mol. The Hall–Kier alpha value is -2.23. The summed E-state index contributed by atoms with van der Waals surface area (Å²) >= 11 is 0. The molecule has 0 fully saturated rings. The lowest BCUT2D eigenvalue weighted by Crippen LogP contribution is -2.26. The maximum atomic E-state index is 9.59. The minimum atomic E-state index is 0.166. The molecule has 0 aliphatic carbocycles. The zero-order valence-electron chi connectivity index (χ0n) is 13.2. The Morgan fingerprint density at radius 3 is 2.61 bits per heavy atom. The van der Waals surface area contributed by atoms with Gasteiger partial charge in [0.1, 0.15) is 0 Å². The van der Waals surface area contributed by atoms with Gasteiger partial charge in [0, 0.05) is 31.6 Å². The van der Waals surface area contributed by atoms with Gasteiger partial charge in [0.15, 0.2) is 0 Å². The average Bonchev–Trinajstić information content (AvgIpc) is 2.62. The molecule has 118 valence electrons. The third-order valence-corrected chi connectivity index (χ3v) is 4.11. The summed E-state index contributed by atoms with van der Waals surface area (Å²) in [7, 11) is 0. The van der Waals surface area contributed by atoms with E-state index in [1.54, 1.807) is 6.20 Å². The van der Waals surface area contributed by atoms with Crippen molar-refractivity contribution in [3.8, 4) is 0 Å². The standard InChI is InChI=1S/C20H22N2O/c23-15-16(12-19-9-3-4-11-22-19)13-21-14-18-8-5-7-17-6-1-2-10-20(17)18/h1-11,16,21,23H,12-15H2. The Morgan fingerprint density at radius 1 is 0.957 bits per heavy atom. The third-order valence-electron chi connectivity index (χ3n) is 4.11. The predicted molar refractivity (Wildman–Crippen MR) is 94.2 cm³/mol. The first-order chi connectivity index (χ1) is 11.4. The molecule has 0 aliphatic rings. The number of aliphatic hydroxyl groups excluding tert-OH is 1. The number of hydrogen-bond donors (Lipinski definition) is 2. The number of pyridine rings is 1. The van der Waals surface area contributed by atoms with Crippen molar-refractivity contribution in [3.05, 3.63) is 78.1 Å². The molecule has 1 aromatic heterocycles. The molecule has 0 aliphatic heterocycles. The number of nitrogens with one attached hydrogen (secondary N) is 1.